The Morgan fingerprint density at radius 3 is 2.53 bits per heavy atom. The summed E-state index contributed by atoms with van der Waals surface area (Å²) in [6.07, 6.45) is 0. The van der Waals surface area contributed by atoms with Crippen LogP contribution in [0.2, 0.25) is 0 Å². The molecule has 0 aliphatic heterocycles. The number of ether oxygens (including phenoxy) is 1. The van der Waals surface area contributed by atoms with Crippen molar-refractivity contribution in [2.24, 2.45) is 0 Å². The van der Waals surface area contributed by atoms with Gasteiger partial charge in [0.05, 0.1) is 0 Å². The van der Waals surface area contributed by atoms with Crippen molar-refractivity contribution in [2.75, 3.05) is 0 Å². The fourth-order valence-corrected chi connectivity index (χ4v) is 2.86. The van der Waals surface area contributed by atoms with Gasteiger partial charge in [0.2, 0.25) is 0 Å². The molecule has 0 atom stereocenters. The van der Waals surface area contributed by atoms with Crippen molar-refractivity contribution >= 4 is 31.9 Å². The average Bonchev–Trinajstić information content (AvgIpc) is 2.32. The monoisotopic (exact) mass is 354 g/mol. The van der Waals surface area contributed by atoms with Crippen LogP contribution in [-0.4, -0.2) is 0 Å². The Morgan fingerprint density at radius 2 is 1.88 bits per heavy atom. The maximum atomic E-state index is 5.84. The number of benzene rings is 2. The van der Waals surface area contributed by atoms with Gasteiger partial charge in [0, 0.05) is 9.80 Å². The minimum Gasteiger partial charge on any atom is -0.457 e. The summed E-state index contributed by atoms with van der Waals surface area (Å²) in [5.74, 6) is 1.74. The second-order valence-electron chi connectivity index (χ2n) is 3.75. The molecular formula is C14H12Br2O. The highest BCUT2D eigenvalue weighted by molar-refractivity contribution is 9.10. The SMILES string of the molecule is Cc1ccccc1Oc1ccc(CBr)c(Br)c1. The molecule has 0 amide bonds. The molecule has 0 unspecified atom stereocenters. The molecule has 0 fully saturated rings. The largest absolute Gasteiger partial charge is 0.457 e. The van der Waals surface area contributed by atoms with E-state index < -0.39 is 0 Å². The first-order valence-electron chi connectivity index (χ1n) is 5.28. The molecule has 2 aromatic rings. The van der Waals surface area contributed by atoms with E-state index in [1.54, 1.807) is 0 Å². The highest BCUT2D eigenvalue weighted by atomic mass is 79.9. The fourth-order valence-electron chi connectivity index (χ4n) is 1.50. The maximum absolute atomic E-state index is 5.84. The lowest BCUT2D eigenvalue weighted by molar-refractivity contribution is 0.478. The summed E-state index contributed by atoms with van der Waals surface area (Å²) in [5.41, 5.74) is 2.34. The summed E-state index contributed by atoms with van der Waals surface area (Å²) in [6, 6.07) is 14.0. The zero-order chi connectivity index (χ0) is 12.3. The second-order valence-corrected chi connectivity index (χ2v) is 5.17. The molecule has 0 aliphatic carbocycles. The molecule has 0 saturated heterocycles. The number of aryl methyl sites for hydroxylation is 1. The first kappa shape index (κ1) is 12.7. The molecule has 0 heterocycles. The zero-order valence-corrected chi connectivity index (χ0v) is 12.6. The average molecular weight is 356 g/mol. The van der Waals surface area contributed by atoms with Gasteiger partial charge < -0.3 is 4.74 Å². The molecule has 0 radical (unpaired) electrons. The molecule has 0 spiro atoms. The topological polar surface area (TPSA) is 9.23 Å². The molecule has 0 aromatic heterocycles. The van der Waals surface area contributed by atoms with Crippen LogP contribution in [0, 0.1) is 6.92 Å². The minimum absolute atomic E-state index is 0.832. The molecule has 1 nitrogen and oxygen atoms in total. The van der Waals surface area contributed by atoms with E-state index in [1.807, 2.05) is 49.4 Å². The van der Waals surface area contributed by atoms with E-state index in [0.717, 1.165) is 26.9 Å². The van der Waals surface area contributed by atoms with Gasteiger partial charge in [-0.05, 0) is 36.2 Å². The molecule has 2 rings (SSSR count). The van der Waals surface area contributed by atoms with Crippen LogP contribution in [0.15, 0.2) is 46.9 Å². The molecule has 3 heteroatoms. The lowest BCUT2D eigenvalue weighted by atomic mass is 10.2. The van der Waals surface area contributed by atoms with Crippen molar-refractivity contribution < 1.29 is 4.74 Å². The van der Waals surface area contributed by atoms with E-state index >= 15 is 0 Å². The number of rotatable bonds is 3. The molecule has 0 aliphatic rings. The number of hydrogen-bond acceptors (Lipinski definition) is 1. The number of para-hydroxylation sites is 1. The van der Waals surface area contributed by atoms with Gasteiger partial charge in [0.15, 0.2) is 0 Å². The summed E-state index contributed by atoms with van der Waals surface area (Å²) in [6.45, 7) is 2.04. The van der Waals surface area contributed by atoms with E-state index in [4.69, 9.17) is 4.74 Å². The normalized spacial score (nSPS) is 10.3. The van der Waals surface area contributed by atoms with Crippen LogP contribution in [0.25, 0.3) is 0 Å². The van der Waals surface area contributed by atoms with E-state index in [9.17, 15) is 0 Å². The Balaban J connectivity index is 2.25. The van der Waals surface area contributed by atoms with Crippen LogP contribution in [0.1, 0.15) is 11.1 Å². The minimum atomic E-state index is 0.832. The van der Waals surface area contributed by atoms with Gasteiger partial charge >= 0.3 is 0 Å². The highest BCUT2D eigenvalue weighted by Crippen LogP contribution is 2.29. The van der Waals surface area contributed by atoms with Crippen molar-refractivity contribution in [3.05, 3.63) is 58.1 Å². The summed E-state index contributed by atoms with van der Waals surface area (Å²) < 4.78 is 6.90. The Kier molecular flexibility index (Phi) is 4.24. The van der Waals surface area contributed by atoms with Crippen LogP contribution < -0.4 is 4.74 Å². The quantitative estimate of drug-likeness (QED) is 0.665. The Labute approximate surface area is 118 Å². The molecule has 17 heavy (non-hydrogen) atoms. The maximum Gasteiger partial charge on any atom is 0.130 e. The Hall–Kier alpha value is -0.800. The van der Waals surface area contributed by atoms with Crippen LogP contribution >= 0.6 is 31.9 Å². The van der Waals surface area contributed by atoms with E-state index in [0.29, 0.717) is 0 Å². The molecule has 2 aromatic carbocycles. The summed E-state index contributed by atoms with van der Waals surface area (Å²) in [4.78, 5) is 0. The van der Waals surface area contributed by atoms with Crippen LogP contribution in [0.4, 0.5) is 0 Å². The van der Waals surface area contributed by atoms with Gasteiger partial charge in [-0.25, -0.2) is 0 Å². The summed E-state index contributed by atoms with van der Waals surface area (Å²) in [7, 11) is 0. The van der Waals surface area contributed by atoms with Crippen molar-refractivity contribution in [2.45, 2.75) is 12.3 Å². The van der Waals surface area contributed by atoms with E-state index in [1.165, 1.54) is 5.56 Å². The van der Waals surface area contributed by atoms with Gasteiger partial charge in [-0.1, -0.05) is 56.1 Å². The van der Waals surface area contributed by atoms with Crippen LogP contribution in [0.5, 0.6) is 11.5 Å². The molecule has 0 saturated carbocycles. The fraction of sp³-hybridized carbons (Fsp3) is 0.143. The van der Waals surface area contributed by atoms with E-state index in [-0.39, 0.29) is 0 Å². The highest BCUT2D eigenvalue weighted by Gasteiger charge is 2.03. The van der Waals surface area contributed by atoms with E-state index in [2.05, 4.69) is 31.9 Å². The predicted octanol–water partition coefficient (Wildman–Crippen LogP) is 5.44. The summed E-state index contributed by atoms with van der Waals surface area (Å²) >= 11 is 6.97. The standard InChI is InChI=1S/C14H12Br2O/c1-10-4-2-3-5-14(10)17-12-7-6-11(9-15)13(16)8-12/h2-8H,9H2,1H3. The Morgan fingerprint density at radius 1 is 1.12 bits per heavy atom. The lowest BCUT2D eigenvalue weighted by Gasteiger charge is -2.09. The first-order chi connectivity index (χ1) is 8.20. The van der Waals surface area contributed by atoms with Crippen molar-refractivity contribution in [1.29, 1.82) is 0 Å². The second kappa shape index (κ2) is 5.69. The lowest BCUT2D eigenvalue weighted by Crippen LogP contribution is -1.88. The number of halogens is 2. The predicted molar refractivity (Wildman–Crippen MR) is 78.0 cm³/mol. The first-order valence-corrected chi connectivity index (χ1v) is 7.20. The number of hydrogen-bond donors (Lipinski definition) is 0. The third-order valence-corrected chi connectivity index (χ3v) is 3.83. The van der Waals surface area contributed by atoms with Gasteiger partial charge in [0.25, 0.3) is 0 Å². The van der Waals surface area contributed by atoms with Gasteiger partial charge in [-0.3, -0.25) is 0 Å². The molecule has 0 bridgehead atoms. The smallest absolute Gasteiger partial charge is 0.130 e. The van der Waals surface area contributed by atoms with Crippen molar-refractivity contribution in [1.82, 2.24) is 0 Å². The van der Waals surface area contributed by atoms with Crippen molar-refractivity contribution in [3.63, 3.8) is 0 Å². The van der Waals surface area contributed by atoms with Crippen molar-refractivity contribution in [3.8, 4) is 11.5 Å². The Bertz CT molecular complexity index is 523. The van der Waals surface area contributed by atoms with Gasteiger partial charge in [-0.15, -0.1) is 0 Å². The van der Waals surface area contributed by atoms with Crippen LogP contribution in [0.3, 0.4) is 0 Å². The molecule has 88 valence electrons. The molecule has 0 N–H and O–H groups in total. The third-order valence-electron chi connectivity index (χ3n) is 2.49. The summed E-state index contributed by atoms with van der Waals surface area (Å²) in [5, 5.41) is 0.832. The van der Waals surface area contributed by atoms with Crippen LogP contribution in [-0.2, 0) is 5.33 Å². The number of alkyl halides is 1. The third kappa shape index (κ3) is 3.11. The molecular weight excluding hydrogens is 344 g/mol. The van der Waals surface area contributed by atoms with Gasteiger partial charge in [-0.2, -0.15) is 0 Å². The zero-order valence-electron chi connectivity index (χ0n) is 9.41. The van der Waals surface area contributed by atoms with Gasteiger partial charge in [0.1, 0.15) is 11.5 Å².